The zero-order valence-electron chi connectivity index (χ0n) is 25.5. The fourth-order valence-electron chi connectivity index (χ4n) is 6.08. The number of aryl methyl sites for hydroxylation is 1. The number of carbonyl (C=O) groups is 1. The summed E-state index contributed by atoms with van der Waals surface area (Å²) >= 11 is 0. The van der Waals surface area contributed by atoms with Crippen molar-refractivity contribution in [3.05, 3.63) is 78.4 Å². The van der Waals surface area contributed by atoms with E-state index in [2.05, 4.69) is 37.1 Å². The molecule has 6 rings (SSSR count). The first-order valence-corrected chi connectivity index (χ1v) is 15.5. The fraction of sp³-hybridized carbons (Fsp3) is 0.394. The zero-order chi connectivity index (χ0) is 32.1. The first kappa shape index (κ1) is 30.9. The molecule has 2 aliphatic carbocycles. The summed E-state index contributed by atoms with van der Waals surface area (Å²) in [6.45, 7) is 0.724. The highest BCUT2D eigenvalue weighted by molar-refractivity contribution is 5.91. The molecule has 0 aliphatic heterocycles. The van der Waals surface area contributed by atoms with Crippen LogP contribution in [0.4, 0.5) is 31.2 Å². The molecule has 13 heteroatoms. The van der Waals surface area contributed by atoms with Crippen molar-refractivity contribution in [3.8, 4) is 17.2 Å². The predicted molar refractivity (Wildman–Crippen MR) is 170 cm³/mol. The van der Waals surface area contributed by atoms with Gasteiger partial charge in [0.05, 0.1) is 12.4 Å². The van der Waals surface area contributed by atoms with Gasteiger partial charge in [0, 0.05) is 68.6 Å². The van der Waals surface area contributed by atoms with Crippen LogP contribution >= 0.6 is 0 Å². The Labute approximate surface area is 266 Å². The number of carbonyl (C=O) groups excluding carboxylic acids is 1. The van der Waals surface area contributed by atoms with Gasteiger partial charge in [-0.25, -0.2) is 23.5 Å². The van der Waals surface area contributed by atoms with E-state index in [-0.39, 0.29) is 42.4 Å². The van der Waals surface area contributed by atoms with Crippen molar-refractivity contribution >= 4 is 23.6 Å². The Morgan fingerprint density at radius 1 is 1.04 bits per heavy atom. The molecule has 2 fully saturated rings. The summed E-state index contributed by atoms with van der Waals surface area (Å²) < 4.78 is 28.2. The van der Waals surface area contributed by atoms with Gasteiger partial charge in [-0.2, -0.15) is 15.3 Å². The second-order valence-electron chi connectivity index (χ2n) is 12.1. The predicted octanol–water partition coefficient (Wildman–Crippen LogP) is 5.74. The van der Waals surface area contributed by atoms with Crippen LogP contribution in [-0.4, -0.2) is 55.3 Å². The SMILES string of the molecule is Cn1cc(-c2ccc(N(C(=O)NCc3ccccc3)[C@H]3CC[C@H](Nc4ncc(C#N)c(NCC5CC(F)(F)C5)n4)CC3)nc2)cn1. The van der Waals surface area contributed by atoms with Crippen LogP contribution in [-0.2, 0) is 13.6 Å². The normalized spacial score (nSPS) is 19.0. The molecule has 3 heterocycles. The van der Waals surface area contributed by atoms with Crippen LogP contribution in [0.15, 0.2) is 67.3 Å². The molecule has 3 N–H and O–H groups in total. The van der Waals surface area contributed by atoms with Gasteiger partial charge < -0.3 is 16.0 Å². The molecule has 2 saturated carbocycles. The van der Waals surface area contributed by atoms with Crippen molar-refractivity contribution in [1.29, 1.82) is 5.26 Å². The Morgan fingerprint density at radius 2 is 1.83 bits per heavy atom. The number of amides is 2. The maximum Gasteiger partial charge on any atom is 0.323 e. The Hall–Kier alpha value is -5.12. The van der Waals surface area contributed by atoms with Gasteiger partial charge in [-0.1, -0.05) is 30.3 Å². The van der Waals surface area contributed by atoms with Crippen molar-refractivity contribution in [2.24, 2.45) is 13.0 Å². The number of anilines is 3. The number of nitrogens with zero attached hydrogens (tertiary/aromatic N) is 7. The summed E-state index contributed by atoms with van der Waals surface area (Å²) in [5, 5.41) is 23.2. The van der Waals surface area contributed by atoms with Gasteiger partial charge in [-0.3, -0.25) is 9.58 Å². The van der Waals surface area contributed by atoms with Gasteiger partial charge >= 0.3 is 6.03 Å². The third-order valence-corrected chi connectivity index (χ3v) is 8.58. The molecule has 0 saturated heterocycles. The van der Waals surface area contributed by atoms with Crippen molar-refractivity contribution in [3.63, 3.8) is 0 Å². The highest BCUT2D eigenvalue weighted by Crippen LogP contribution is 2.42. The van der Waals surface area contributed by atoms with Crippen LogP contribution in [0, 0.1) is 17.2 Å². The Kier molecular flexibility index (Phi) is 9.05. The minimum Gasteiger partial charge on any atom is -0.369 e. The van der Waals surface area contributed by atoms with E-state index in [1.807, 2.05) is 55.7 Å². The van der Waals surface area contributed by atoms with Gasteiger partial charge in [0.2, 0.25) is 11.9 Å². The second-order valence-corrected chi connectivity index (χ2v) is 12.1. The summed E-state index contributed by atoms with van der Waals surface area (Å²) in [4.78, 5) is 28.9. The smallest absolute Gasteiger partial charge is 0.323 e. The molecule has 4 aromatic rings. The summed E-state index contributed by atoms with van der Waals surface area (Å²) in [6, 6.07) is 15.4. The molecule has 46 heavy (non-hydrogen) atoms. The maximum absolute atomic E-state index is 13.7. The van der Waals surface area contributed by atoms with Crippen molar-refractivity contribution in [1.82, 2.24) is 30.0 Å². The summed E-state index contributed by atoms with van der Waals surface area (Å²) in [7, 11) is 1.86. The van der Waals surface area contributed by atoms with Crippen LogP contribution in [0.2, 0.25) is 0 Å². The number of pyridine rings is 1. The molecule has 2 amide bonds. The number of hydrogen-bond donors (Lipinski definition) is 3. The number of hydrogen-bond acceptors (Lipinski definition) is 8. The van der Waals surface area contributed by atoms with E-state index in [0.29, 0.717) is 30.7 Å². The molecular weight excluding hydrogens is 590 g/mol. The number of urea groups is 1. The number of alkyl halides is 2. The minimum absolute atomic E-state index is 0.0532. The van der Waals surface area contributed by atoms with Crippen LogP contribution in [0.25, 0.3) is 11.1 Å². The number of nitriles is 1. The third kappa shape index (κ3) is 7.39. The zero-order valence-corrected chi connectivity index (χ0v) is 25.5. The lowest BCUT2D eigenvalue weighted by Gasteiger charge is -2.36. The Bertz CT molecular complexity index is 1670. The molecule has 1 aromatic carbocycles. The molecule has 3 aromatic heterocycles. The summed E-state index contributed by atoms with van der Waals surface area (Å²) in [6.07, 6.45) is 9.54. The minimum atomic E-state index is -2.60. The average molecular weight is 627 g/mol. The van der Waals surface area contributed by atoms with Crippen LogP contribution in [0.5, 0.6) is 0 Å². The first-order chi connectivity index (χ1) is 22.3. The summed E-state index contributed by atoms with van der Waals surface area (Å²) in [5.74, 6) is -1.47. The molecule has 2 aliphatic rings. The maximum atomic E-state index is 13.7. The van der Waals surface area contributed by atoms with Crippen molar-refractivity contribution in [2.45, 2.75) is 63.1 Å². The largest absolute Gasteiger partial charge is 0.369 e. The molecule has 0 radical (unpaired) electrons. The van der Waals surface area contributed by atoms with Crippen molar-refractivity contribution in [2.75, 3.05) is 22.1 Å². The van der Waals surface area contributed by atoms with E-state index in [1.165, 1.54) is 6.20 Å². The van der Waals surface area contributed by atoms with E-state index in [9.17, 15) is 18.8 Å². The summed E-state index contributed by atoms with van der Waals surface area (Å²) in [5.41, 5.74) is 3.13. The molecule has 238 valence electrons. The molecule has 0 atom stereocenters. The van der Waals surface area contributed by atoms with Gasteiger partial charge in [-0.15, -0.1) is 0 Å². The molecule has 11 nitrogen and oxygen atoms in total. The highest BCUT2D eigenvalue weighted by atomic mass is 19.3. The molecule has 0 spiro atoms. The van der Waals surface area contributed by atoms with Crippen LogP contribution in [0.1, 0.15) is 49.7 Å². The van der Waals surface area contributed by atoms with Crippen molar-refractivity contribution < 1.29 is 13.6 Å². The third-order valence-electron chi connectivity index (χ3n) is 8.58. The number of halogens is 2. The Balaban J connectivity index is 1.11. The molecular formula is C33H36F2N10O. The van der Waals surface area contributed by atoms with Gasteiger partial charge in [0.25, 0.3) is 0 Å². The fourth-order valence-corrected chi connectivity index (χ4v) is 6.08. The van der Waals surface area contributed by atoms with E-state index >= 15 is 0 Å². The lowest BCUT2D eigenvalue weighted by Crippen LogP contribution is -2.49. The lowest BCUT2D eigenvalue weighted by atomic mass is 9.81. The van der Waals surface area contributed by atoms with Crippen LogP contribution in [0.3, 0.4) is 0 Å². The van der Waals surface area contributed by atoms with Crippen LogP contribution < -0.4 is 20.9 Å². The number of benzene rings is 1. The van der Waals surface area contributed by atoms with Gasteiger partial charge in [-0.05, 0) is 49.3 Å². The Morgan fingerprint density at radius 3 is 2.48 bits per heavy atom. The van der Waals surface area contributed by atoms with E-state index in [1.54, 1.807) is 22.0 Å². The molecule has 0 bridgehead atoms. The monoisotopic (exact) mass is 626 g/mol. The quantitative estimate of drug-likeness (QED) is 0.203. The lowest BCUT2D eigenvalue weighted by molar-refractivity contribution is -0.106. The second kappa shape index (κ2) is 13.5. The topological polar surface area (TPSA) is 137 Å². The van der Waals surface area contributed by atoms with E-state index in [0.717, 1.165) is 42.4 Å². The highest BCUT2D eigenvalue weighted by Gasteiger charge is 2.45. The number of nitrogens with one attached hydrogen (secondary N) is 3. The van der Waals surface area contributed by atoms with Gasteiger partial charge in [0.1, 0.15) is 23.3 Å². The van der Waals surface area contributed by atoms with Gasteiger partial charge in [0.15, 0.2) is 0 Å². The van der Waals surface area contributed by atoms with E-state index in [4.69, 9.17) is 4.98 Å². The molecule has 0 unspecified atom stereocenters. The average Bonchev–Trinajstić information content (AvgIpc) is 3.49. The van der Waals surface area contributed by atoms with E-state index < -0.39 is 5.92 Å². The standard InChI is InChI=1S/C33H36F2N10O/c1-44-21-26(20-41-44)24-7-12-29(37-18-24)45(32(46)40-16-22-5-3-2-4-6-22)28-10-8-27(9-11-28)42-31-39-19-25(15-36)30(43-31)38-17-23-13-33(34,35)14-23/h2-7,12,18-21,23,27-28H,8-11,13-14,16-17H2,1H3,(H,40,46)(H2,38,39,42,43)/t27-,28-. The number of rotatable bonds is 10. The first-order valence-electron chi connectivity index (χ1n) is 15.5. The number of aromatic nitrogens is 5.